The van der Waals surface area contributed by atoms with E-state index in [0.717, 1.165) is 36.6 Å². The van der Waals surface area contributed by atoms with Crippen LogP contribution in [0.15, 0.2) is 47.8 Å². The number of benzene rings is 2. The first-order chi connectivity index (χ1) is 14.6. The van der Waals surface area contributed by atoms with Crippen LogP contribution in [0.5, 0.6) is 5.75 Å². The van der Waals surface area contributed by atoms with Crippen LogP contribution >= 0.6 is 22.9 Å². The predicted molar refractivity (Wildman–Crippen MR) is 118 cm³/mol. The summed E-state index contributed by atoms with van der Waals surface area (Å²) in [5, 5.41) is 5.97. The number of aromatic nitrogens is 1. The third-order valence-corrected chi connectivity index (χ3v) is 5.94. The highest BCUT2D eigenvalue weighted by Gasteiger charge is 2.20. The molecule has 1 N–H and O–H groups in total. The van der Waals surface area contributed by atoms with Gasteiger partial charge in [0.25, 0.3) is 0 Å². The first-order valence-corrected chi connectivity index (χ1v) is 11.0. The fourth-order valence-corrected chi connectivity index (χ4v) is 4.21. The SMILES string of the molecule is O=C(Cc1csc(COc2ccc(Cl)cc2)n1)Nc1c(F)cccc1N1CCCC1. The minimum absolute atomic E-state index is 0.0746. The Bertz CT molecular complexity index is 1020. The van der Waals surface area contributed by atoms with Gasteiger partial charge in [-0.3, -0.25) is 4.79 Å². The van der Waals surface area contributed by atoms with Crippen LogP contribution in [0.4, 0.5) is 15.8 Å². The Morgan fingerprint density at radius 1 is 1.20 bits per heavy atom. The molecule has 0 atom stereocenters. The first-order valence-electron chi connectivity index (χ1n) is 9.73. The number of hydrogen-bond acceptors (Lipinski definition) is 5. The quantitative estimate of drug-likeness (QED) is 0.536. The number of hydrogen-bond donors (Lipinski definition) is 1. The third-order valence-electron chi connectivity index (χ3n) is 4.82. The molecule has 0 saturated carbocycles. The lowest BCUT2D eigenvalue weighted by Crippen LogP contribution is -2.22. The number of carbonyl (C=O) groups excluding carboxylic acids is 1. The molecule has 5 nitrogen and oxygen atoms in total. The number of thiazole rings is 1. The lowest BCUT2D eigenvalue weighted by atomic mass is 10.2. The number of ether oxygens (including phenoxy) is 1. The van der Waals surface area contributed by atoms with Crippen molar-refractivity contribution in [3.8, 4) is 5.75 Å². The maximum Gasteiger partial charge on any atom is 0.230 e. The zero-order valence-corrected chi connectivity index (χ0v) is 17.8. The van der Waals surface area contributed by atoms with Crippen molar-refractivity contribution in [3.63, 3.8) is 0 Å². The van der Waals surface area contributed by atoms with E-state index in [0.29, 0.717) is 23.1 Å². The molecule has 1 amide bonds. The second-order valence-electron chi connectivity index (χ2n) is 7.03. The smallest absolute Gasteiger partial charge is 0.230 e. The van der Waals surface area contributed by atoms with Gasteiger partial charge in [0.15, 0.2) is 0 Å². The van der Waals surface area contributed by atoms with E-state index >= 15 is 0 Å². The molecule has 0 unspecified atom stereocenters. The standard InChI is InChI=1S/C22H21ClFN3O2S/c23-15-6-8-17(9-7-15)29-13-21-25-16(14-30-21)12-20(28)26-22-18(24)4-3-5-19(22)27-10-1-2-11-27/h3-9,14H,1-2,10-13H2,(H,26,28). The van der Waals surface area contributed by atoms with E-state index in [-0.39, 0.29) is 18.0 Å². The van der Waals surface area contributed by atoms with Gasteiger partial charge in [-0.15, -0.1) is 11.3 Å². The van der Waals surface area contributed by atoms with Gasteiger partial charge in [-0.05, 0) is 49.2 Å². The Balaban J connectivity index is 1.36. The molecule has 0 bridgehead atoms. The average Bonchev–Trinajstić information content (AvgIpc) is 3.41. The van der Waals surface area contributed by atoms with Gasteiger partial charge in [0.1, 0.15) is 28.9 Å². The Morgan fingerprint density at radius 3 is 2.73 bits per heavy atom. The van der Waals surface area contributed by atoms with Gasteiger partial charge in [0.2, 0.25) is 5.91 Å². The topological polar surface area (TPSA) is 54.5 Å². The fourth-order valence-electron chi connectivity index (χ4n) is 3.38. The lowest BCUT2D eigenvalue weighted by molar-refractivity contribution is -0.115. The lowest BCUT2D eigenvalue weighted by Gasteiger charge is -2.21. The number of rotatable bonds is 7. The zero-order chi connectivity index (χ0) is 20.9. The summed E-state index contributed by atoms with van der Waals surface area (Å²) in [4.78, 5) is 19.1. The van der Waals surface area contributed by atoms with E-state index in [1.165, 1.54) is 17.4 Å². The average molecular weight is 446 g/mol. The highest BCUT2D eigenvalue weighted by molar-refractivity contribution is 7.09. The van der Waals surface area contributed by atoms with Crippen LogP contribution in [0.2, 0.25) is 5.02 Å². The van der Waals surface area contributed by atoms with Crippen LogP contribution in [0.3, 0.4) is 0 Å². The second kappa shape index (κ2) is 9.45. The zero-order valence-electron chi connectivity index (χ0n) is 16.2. The van der Waals surface area contributed by atoms with Crippen LogP contribution in [-0.4, -0.2) is 24.0 Å². The molecular formula is C22H21ClFN3O2S. The molecule has 0 radical (unpaired) electrons. The number of anilines is 2. The fraction of sp³-hybridized carbons (Fsp3) is 0.273. The molecule has 0 spiro atoms. The van der Waals surface area contributed by atoms with E-state index in [2.05, 4.69) is 15.2 Å². The molecule has 1 fully saturated rings. The minimum Gasteiger partial charge on any atom is -0.486 e. The maximum atomic E-state index is 14.4. The van der Waals surface area contributed by atoms with Crippen LogP contribution in [0.1, 0.15) is 23.5 Å². The van der Waals surface area contributed by atoms with Gasteiger partial charge in [-0.1, -0.05) is 17.7 Å². The van der Waals surface area contributed by atoms with E-state index in [1.54, 1.807) is 30.3 Å². The number of nitrogens with zero attached hydrogens (tertiary/aromatic N) is 2. The molecule has 2 aromatic carbocycles. The highest BCUT2D eigenvalue weighted by Crippen LogP contribution is 2.31. The molecule has 4 rings (SSSR count). The summed E-state index contributed by atoms with van der Waals surface area (Å²) in [6, 6.07) is 12.0. The molecule has 156 valence electrons. The summed E-state index contributed by atoms with van der Waals surface area (Å²) >= 11 is 7.29. The van der Waals surface area contributed by atoms with Crippen molar-refractivity contribution in [1.29, 1.82) is 0 Å². The van der Waals surface area contributed by atoms with E-state index < -0.39 is 5.82 Å². The van der Waals surface area contributed by atoms with Crippen molar-refractivity contribution in [2.45, 2.75) is 25.9 Å². The number of para-hydroxylation sites is 1. The molecule has 3 aromatic rings. The summed E-state index contributed by atoms with van der Waals surface area (Å²) in [7, 11) is 0. The van der Waals surface area contributed by atoms with Crippen LogP contribution in [0, 0.1) is 5.82 Å². The van der Waals surface area contributed by atoms with Crippen LogP contribution in [-0.2, 0) is 17.8 Å². The van der Waals surface area contributed by atoms with Gasteiger partial charge in [-0.2, -0.15) is 0 Å². The third kappa shape index (κ3) is 5.09. The van der Waals surface area contributed by atoms with Crippen molar-refractivity contribution in [2.75, 3.05) is 23.3 Å². The van der Waals surface area contributed by atoms with Crippen molar-refractivity contribution < 1.29 is 13.9 Å². The normalized spacial score (nSPS) is 13.5. The van der Waals surface area contributed by atoms with Gasteiger partial charge in [-0.25, -0.2) is 9.37 Å². The minimum atomic E-state index is -0.428. The molecule has 1 aromatic heterocycles. The number of halogens is 2. The first kappa shape index (κ1) is 20.6. The monoisotopic (exact) mass is 445 g/mol. The van der Waals surface area contributed by atoms with E-state index in [4.69, 9.17) is 16.3 Å². The Hall–Kier alpha value is -2.64. The van der Waals surface area contributed by atoms with Gasteiger partial charge < -0.3 is 15.0 Å². The molecule has 1 saturated heterocycles. The summed E-state index contributed by atoms with van der Waals surface area (Å²) in [6.07, 6.45) is 2.22. The Kier molecular flexibility index (Phi) is 6.50. The van der Waals surface area contributed by atoms with Crippen molar-refractivity contribution in [1.82, 2.24) is 4.98 Å². The Labute approximate surface area is 183 Å². The molecular weight excluding hydrogens is 425 g/mol. The molecule has 2 heterocycles. The summed E-state index contributed by atoms with van der Waals surface area (Å²) in [6.45, 7) is 2.05. The van der Waals surface area contributed by atoms with E-state index in [9.17, 15) is 9.18 Å². The predicted octanol–water partition coefficient (Wildman–Crippen LogP) is 5.30. The summed E-state index contributed by atoms with van der Waals surface area (Å²) in [5.41, 5.74) is 1.60. The van der Waals surface area contributed by atoms with E-state index in [1.807, 2.05) is 11.4 Å². The van der Waals surface area contributed by atoms with Crippen LogP contribution in [0.25, 0.3) is 0 Å². The largest absolute Gasteiger partial charge is 0.486 e. The van der Waals surface area contributed by atoms with Gasteiger partial charge in [0, 0.05) is 23.5 Å². The van der Waals surface area contributed by atoms with Gasteiger partial charge in [0.05, 0.1) is 17.8 Å². The number of amides is 1. The van der Waals surface area contributed by atoms with Crippen molar-refractivity contribution >= 4 is 40.2 Å². The van der Waals surface area contributed by atoms with Crippen molar-refractivity contribution in [2.24, 2.45) is 0 Å². The Morgan fingerprint density at radius 2 is 1.97 bits per heavy atom. The second-order valence-corrected chi connectivity index (χ2v) is 8.41. The molecule has 1 aliphatic rings. The molecule has 30 heavy (non-hydrogen) atoms. The van der Waals surface area contributed by atoms with Crippen molar-refractivity contribution in [3.05, 3.63) is 69.4 Å². The molecule has 0 aliphatic carbocycles. The summed E-state index contributed by atoms with van der Waals surface area (Å²) < 4.78 is 20.1. The molecule has 8 heteroatoms. The maximum absolute atomic E-state index is 14.4. The molecule has 1 aliphatic heterocycles. The summed E-state index contributed by atoms with van der Waals surface area (Å²) in [5.74, 6) is -0.0259. The highest BCUT2D eigenvalue weighted by atomic mass is 35.5. The number of nitrogens with one attached hydrogen (secondary N) is 1. The van der Waals surface area contributed by atoms with Gasteiger partial charge >= 0.3 is 0 Å². The van der Waals surface area contributed by atoms with Crippen LogP contribution < -0.4 is 15.0 Å². The number of carbonyl (C=O) groups is 1.